The zero-order valence-electron chi connectivity index (χ0n) is 14.5. The topological polar surface area (TPSA) is 118 Å². The van der Waals surface area contributed by atoms with E-state index in [2.05, 4.69) is 10.0 Å². The Labute approximate surface area is 151 Å². The van der Waals surface area contributed by atoms with E-state index in [1.54, 1.807) is 32.9 Å². The van der Waals surface area contributed by atoms with Gasteiger partial charge in [-0.2, -0.15) is 0 Å². The number of benzene rings is 2. The van der Waals surface area contributed by atoms with Crippen LogP contribution in [0.4, 0.5) is 17.1 Å². The zero-order valence-corrected chi connectivity index (χ0v) is 15.3. The van der Waals surface area contributed by atoms with Gasteiger partial charge >= 0.3 is 0 Å². The third kappa shape index (κ3) is 4.79. The molecule has 26 heavy (non-hydrogen) atoms. The highest BCUT2D eigenvalue weighted by Crippen LogP contribution is 2.22. The molecule has 2 N–H and O–H groups in total. The van der Waals surface area contributed by atoms with Gasteiger partial charge in [0.05, 0.1) is 9.82 Å². The summed E-state index contributed by atoms with van der Waals surface area (Å²) < 4.78 is 27.0. The molecule has 0 aliphatic carbocycles. The van der Waals surface area contributed by atoms with Crippen LogP contribution < -0.4 is 10.0 Å². The van der Waals surface area contributed by atoms with Gasteiger partial charge in [0.2, 0.25) is 5.91 Å². The molecule has 2 rings (SSSR count). The summed E-state index contributed by atoms with van der Waals surface area (Å²) in [4.78, 5) is 21.9. The Morgan fingerprint density at radius 1 is 0.962 bits per heavy atom. The molecule has 0 saturated heterocycles. The van der Waals surface area contributed by atoms with Crippen molar-refractivity contribution in [2.75, 3.05) is 10.0 Å². The number of nitro groups is 1. The van der Waals surface area contributed by atoms with Gasteiger partial charge in [0.1, 0.15) is 0 Å². The first-order valence-corrected chi connectivity index (χ1v) is 9.16. The number of nitro benzene ring substituents is 1. The number of anilines is 2. The molecule has 2 aromatic carbocycles. The van der Waals surface area contributed by atoms with E-state index in [1.165, 1.54) is 24.3 Å². The predicted octanol–water partition coefficient (Wildman–Crippen LogP) is 3.38. The normalized spacial score (nSPS) is 11.7. The summed E-state index contributed by atoms with van der Waals surface area (Å²) in [5.41, 5.74) is 0.110. The number of nitrogens with one attached hydrogen (secondary N) is 2. The molecule has 0 fully saturated rings. The van der Waals surface area contributed by atoms with Crippen LogP contribution in [0.5, 0.6) is 0 Å². The number of carbonyl (C=O) groups is 1. The van der Waals surface area contributed by atoms with E-state index in [0.29, 0.717) is 11.4 Å². The molecule has 0 aliphatic rings. The van der Waals surface area contributed by atoms with E-state index < -0.39 is 20.4 Å². The summed E-state index contributed by atoms with van der Waals surface area (Å²) in [6.45, 7) is 5.36. The number of hydrogen-bond donors (Lipinski definition) is 2. The highest BCUT2D eigenvalue weighted by Gasteiger charge is 2.21. The minimum atomic E-state index is -3.87. The molecule has 9 heteroatoms. The lowest BCUT2D eigenvalue weighted by Crippen LogP contribution is -2.27. The summed E-state index contributed by atoms with van der Waals surface area (Å²) in [6, 6.07) is 10.8. The predicted molar refractivity (Wildman–Crippen MR) is 98.4 cm³/mol. The van der Waals surface area contributed by atoms with Gasteiger partial charge in [-0.1, -0.05) is 20.8 Å². The average molecular weight is 377 g/mol. The van der Waals surface area contributed by atoms with Crippen molar-refractivity contribution >= 4 is 33.0 Å². The van der Waals surface area contributed by atoms with Crippen LogP contribution in [0.25, 0.3) is 0 Å². The lowest BCUT2D eigenvalue weighted by Gasteiger charge is -2.17. The highest BCUT2D eigenvalue weighted by molar-refractivity contribution is 7.92. The Morgan fingerprint density at radius 3 is 1.92 bits per heavy atom. The van der Waals surface area contributed by atoms with Gasteiger partial charge in [0.15, 0.2) is 0 Å². The van der Waals surface area contributed by atoms with Crippen molar-refractivity contribution in [2.24, 2.45) is 5.41 Å². The van der Waals surface area contributed by atoms with E-state index in [9.17, 15) is 23.3 Å². The van der Waals surface area contributed by atoms with Crippen LogP contribution in [0.2, 0.25) is 0 Å². The average Bonchev–Trinajstić information content (AvgIpc) is 2.55. The molecule has 0 heterocycles. The highest BCUT2D eigenvalue weighted by atomic mass is 32.2. The molecule has 2 aromatic rings. The molecule has 0 radical (unpaired) electrons. The summed E-state index contributed by atoms with van der Waals surface area (Å²) in [5, 5.41) is 13.4. The van der Waals surface area contributed by atoms with Crippen LogP contribution in [-0.2, 0) is 14.8 Å². The number of sulfonamides is 1. The van der Waals surface area contributed by atoms with E-state index >= 15 is 0 Å². The van der Waals surface area contributed by atoms with E-state index in [-0.39, 0.29) is 16.5 Å². The standard InChI is InChI=1S/C17H19N3O5S/c1-17(2,3)16(21)18-12-4-6-13(7-5-12)19-26(24,25)15-10-8-14(9-11-15)20(22)23/h4-11,19H,1-3H3,(H,18,21). The van der Waals surface area contributed by atoms with Gasteiger partial charge in [-0.05, 0) is 36.4 Å². The lowest BCUT2D eigenvalue weighted by atomic mass is 9.95. The van der Waals surface area contributed by atoms with Gasteiger partial charge in [0, 0.05) is 28.9 Å². The quantitative estimate of drug-likeness (QED) is 0.611. The SMILES string of the molecule is CC(C)(C)C(=O)Nc1ccc(NS(=O)(=O)c2ccc([N+](=O)[O-])cc2)cc1. The second kappa shape index (κ2) is 7.12. The van der Waals surface area contributed by atoms with Crippen LogP contribution in [0.3, 0.4) is 0 Å². The monoisotopic (exact) mass is 377 g/mol. The fourth-order valence-corrected chi connectivity index (χ4v) is 2.96. The number of non-ortho nitro benzene ring substituents is 1. The first-order valence-electron chi connectivity index (χ1n) is 7.68. The third-order valence-electron chi connectivity index (χ3n) is 3.43. The Balaban J connectivity index is 2.12. The maximum absolute atomic E-state index is 12.3. The Morgan fingerprint density at radius 2 is 1.46 bits per heavy atom. The number of carbonyl (C=O) groups excluding carboxylic acids is 1. The van der Waals surface area contributed by atoms with E-state index in [4.69, 9.17) is 0 Å². The van der Waals surface area contributed by atoms with Crippen LogP contribution >= 0.6 is 0 Å². The minimum Gasteiger partial charge on any atom is -0.326 e. The first-order chi connectivity index (χ1) is 12.0. The maximum atomic E-state index is 12.3. The van der Waals surface area contributed by atoms with Crippen LogP contribution in [0, 0.1) is 15.5 Å². The van der Waals surface area contributed by atoms with Crippen molar-refractivity contribution in [3.63, 3.8) is 0 Å². The van der Waals surface area contributed by atoms with Crippen molar-refractivity contribution < 1.29 is 18.1 Å². The van der Waals surface area contributed by atoms with Crippen molar-refractivity contribution in [2.45, 2.75) is 25.7 Å². The molecule has 0 atom stereocenters. The molecule has 0 unspecified atom stereocenters. The fourth-order valence-electron chi connectivity index (χ4n) is 1.90. The third-order valence-corrected chi connectivity index (χ3v) is 4.83. The van der Waals surface area contributed by atoms with Crippen molar-refractivity contribution in [1.82, 2.24) is 0 Å². The molecular weight excluding hydrogens is 358 g/mol. The molecule has 0 saturated carbocycles. The molecule has 0 aromatic heterocycles. The Bertz CT molecular complexity index is 914. The number of hydrogen-bond acceptors (Lipinski definition) is 5. The van der Waals surface area contributed by atoms with Crippen LogP contribution in [-0.4, -0.2) is 19.2 Å². The van der Waals surface area contributed by atoms with Gasteiger partial charge in [-0.15, -0.1) is 0 Å². The second-order valence-corrected chi connectivity index (χ2v) is 8.32. The summed E-state index contributed by atoms with van der Waals surface area (Å²) >= 11 is 0. The lowest BCUT2D eigenvalue weighted by molar-refractivity contribution is -0.384. The zero-order chi connectivity index (χ0) is 19.5. The van der Waals surface area contributed by atoms with Crippen molar-refractivity contribution in [3.05, 3.63) is 58.6 Å². The molecule has 8 nitrogen and oxygen atoms in total. The summed E-state index contributed by atoms with van der Waals surface area (Å²) in [6.07, 6.45) is 0. The Kier molecular flexibility index (Phi) is 5.31. The smallest absolute Gasteiger partial charge is 0.269 e. The Hall–Kier alpha value is -2.94. The van der Waals surface area contributed by atoms with E-state index in [0.717, 1.165) is 12.1 Å². The second-order valence-electron chi connectivity index (χ2n) is 6.64. The minimum absolute atomic E-state index is 0.0896. The fraction of sp³-hybridized carbons (Fsp3) is 0.235. The largest absolute Gasteiger partial charge is 0.326 e. The molecule has 1 amide bonds. The number of rotatable bonds is 5. The number of nitrogens with zero attached hydrogens (tertiary/aromatic N) is 1. The number of amides is 1. The van der Waals surface area contributed by atoms with Gasteiger partial charge in [-0.25, -0.2) is 8.42 Å². The van der Waals surface area contributed by atoms with Gasteiger partial charge in [0.25, 0.3) is 15.7 Å². The van der Waals surface area contributed by atoms with Crippen molar-refractivity contribution in [3.8, 4) is 0 Å². The maximum Gasteiger partial charge on any atom is 0.269 e. The summed E-state index contributed by atoms with van der Waals surface area (Å²) in [7, 11) is -3.87. The summed E-state index contributed by atoms with van der Waals surface area (Å²) in [5.74, 6) is -0.156. The van der Waals surface area contributed by atoms with Gasteiger partial charge < -0.3 is 5.32 Å². The molecule has 138 valence electrons. The van der Waals surface area contributed by atoms with Crippen LogP contribution in [0.15, 0.2) is 53.4 Å². The molecular formula is C17H19N3O5S. The molecule has 0 aliphatic heterocycles. The molecule has 0 bridgehead atoms. The van der Waals surface area contributed by atoms with E-state index in [1.807, 2.05) is 0 Å². The van der Waals surface area contributed by atoms with Crippen LogP contribution in [0.1, 0.15) is 20.8 Å². The van der Waals surface area contributed by atoms with Gasteiger partial charge in [-0.3, -0.25) is 19.6 Å². The van der Waals surface area contributed by atoms with Crippen molar-refractivity contribution in [1.29, 1.82) is 0 Å². The molecule has 0 spiro atoms. The first kappa shape index (κ1) is 19.4.